The van der Waals surface area contributed by atoms with Gasteiger partial charge in [0.1, 0.15) is 0 Å². The van der Waals surface area contributed by atoms with Gasteiger partial charge in [-0.1, -0.05) is 71.2 Å². The molecule has 0 aliphatic heterocycles. The standard InChI is InChI=1S/C18H15Cl3N3OP/c19-13-7-1-4-10-16(13)22-26(25,23-17-11-5-2-8-14(17)20)24-18-12-6-3-9-15(18)21/h1-12H,(H3,22,23,24,25). The first kappa shape index (κ1) is 18.9. The maximum absolute atomic E-state index is 13.7. The lowest BCUT2D eigenvalue weighted by atomic mass is 10.3. The van der Waals surface area contributed by atoms with E-state index in [2.05, 4.69) is 15.3 Å². The number of anilines is 3. The van der Waals surface area contributed by atoms with E-state index in [4.69, 9.17) is 34.8 Å². The average molecular weight is 427 g/mol. The van der Waals surface area contributed by atoms with Gasteiger partial charge >= 0.3 is 7.59 Å². The first-order valence-electron chi connectivity index (χ1n) is 7.65. The molecule has 0 aliphatic rings. The van der Waals surface area contributed by atoms with Crippen molar-refractivity contribution in [3.63, 3.8) is 0 Å². The third kappa shape index (κ3) is 4.66. The lowest BCUT2D eigenvalue weighted by molar-refractivity contribution is 0.585. The van der Waals surface area contributed by atoms with Crippen LogP contribution in [0.15, 0.2) is 72.8 Å². The topological polar surface area (TPSA) is 53.2 Å². The molecular formula is C18H15Cl3N3OP. The molecule has 0 saturated carbocycles. The first-order valence-corrected chi connectivity index (χ1v) is 10.5. The monoisotopic (exact) mass is 425 g/mol. The van der Waals surface area contributed by atoms with Gasteiger partial charge in [0.15, 0.2) is 0 Å². The minimum Gasteiger partial charge on any atom is -0.303 e. The van der Waals surface area contributed by atoms with Gasteiger partial charge in [0.2, 0.25) is 0 Å². The normalized spacial score (nSPS) is 11.0. The zero-order chi connectivity index (χ0) is 18.6. The Balaban J connectivity index is 1.97. The Morgan fingerprint density at radius 3 is 1.08 bits per heavy atom. The molecule has 0 atom stereocenters. The number of halogens is 3. The van der Waals surface area contributed by atoms with E-state index in [1.54, 1.807) is 72.8 Å². The molecule has 0 aromatic heterocycles. The summed E-state index contributed by atoms with van der Waals surface area (Å²) in [7, 11) is -3.47. The SMILES string of the molecule is O=P(Nc1ccccc1Cl)(Nc1ccccc1Cl)Nc1ccccc1Cl. The summed E-state index contributed by atoms with van der Waals surface area (Å²) < 4.78 is 13.7. The molecular weight excluding hydrogens is 412 g/mol. The van der Waals surface area contributed by atoms with Crippen LogP contribution in [-0.2, 0) is 4.57 Å². The van der Waals surface area contributed by atoms with E-state index in [0.29, 0.717) is 32.1 Å². The van der Waals surface area contributed by atoms with Crippen LogP contribution in [0.4, 0.5) is 17.1 Å². The molecule has 3 rings (SSSR count). The summed E-state index contributed by atoms with van der Waals surface area (Å²) in [5.74, 6) is 0. The number of rotatable bonds is 6. The van der Waals surface area contributed by atoms with Crippen molar-refractivity contribution in [2.45, 2.75) is 0 Å². The molecule has 26 heavy (non-hydrogen) atoms. The van der Waals surface area contributed by atoms with Crippen molar-refractivity contribution in [3.05, 3.63) is 87.9 Å². The Hall–Kier alpha value is -1.84. The molecule has 0 unspecified atom stereocenters. The second kappa shape index (κ2) is 8.24. The quantitative estimate of drug-likeness (QED) is 0.360. The highest BCUT2D eigenvalue weighted by Crippen LogP contribution is 2.48. The smallest absolute Gasteiger partial charge is 0.303 e. The van der Waals surface area contributed by atoms with Gasteiger partial charge < -0.3 is 15.3 Å². The lowest BCUT2D eigenvalue weighted by Crippen LogP contribution is -2.14. The molecule has 0 aliphatic carbocycles. The third-order valence-corrected chi connectivity index (χ3v) is 6.11. The molecule has 8 heteroatoms. The van der Waals surface area contributed by atoms with Gasteiger partial charge in [-0.05, 0) is 36.4 Å². The van der Waals surface area contributed by atoms with Crippen LogP contribution >= 0.6 is 42.4 Å². The third-order valence-electron chi connectivity index (χ3n) is 3.46. The maximum atomic E-state index is 13.7. The molecule has 0 radical (unpaired) electrons. The number of benzene rings is 3. The summed E-state index contributed by atoms with van der Waals surface area (Å²) in [5, 5.41) is 10.2. The van der Waals surface area contributed by atoms with Crippen molar-refractivity contribution in [2.75, 3.05) is 15.3 Å². The van der Waals surface area contributed by atoms with Crippen LogP contribution in [-0.4, -0.2) is 0 Å². The molecule has 0 saturated heterocycles. The Bertz CT molecular complexity index is 845. The molecule has 0 spiro atoms. The van der Waals surface area contributed by atoms with Crippen LogP contribution in [0.5, 0.6) is 0 Å². The van der Waals surface area contributed by atoms with E-state index in [-0.39, 0.29) is 0 Å². The van der Waals surface area contributed by atoms with Gasteiger partial charge in [-0.15, -0.1) is 0 Å². The number of para-hydroxylation sites is 3. The van der Waals surface area contributed by atoms with Crippen molar-refractivity contribution < 1.29 is 4.57 Å². The highest BCUT2D eigenvalue weighted by atomic mass is 35.5. The molecule has 134 valence electrons. The summed E-state index contributed by atoms with van der Waals surface area (Å²) in [4.78, 5) is 0. The summed E-state index contributed by atoms with van der Waals surface area (Å²) in [6, 6.07) is 21.1. The fourth-order valence-electron chi connectivity index (χ4n) is 2.25. The zero-order valence-corrected chi connectivity index (χ0v) is 16.6. The maximum Gasteiger partial charge on any atom is 0.352 e. The minimum absolute atomic E-state index is 0.439. The van der Waals surface area contributed by atoms with E-state index >= 15 is 0 Å². The van der Waals surface area contributed by atoms with Crippen LogP contribution in [0.25, 0.3) is 0 Å². The summed E-state index contributed by atoms with van der Waals surface area (Å²) in [6.45, 7) is 0. The van der Waals surface area contributed by atoms with Crippen molar-refractivity contribution >= 4 is 59.5 Å². The van der Waals surface area contributed by atoms with Crippen molar-refractivity contribution in [3.8, 4) is 0 Å². The van der Waals surface area contributed by atoms with Gasteiger partial charge in [0.05, 0.1) is 32.1 Å². The van der Waals surface area contributed by atoms with Crippen LogP contribution in [0.1, 0.15) is 0 Å². The van der Waals surface area contributed by atoms with Crippen LogP contribution in [0.3, 0.4) is 0 Å². The molecule has 3 aromatic carbocycles. The summed E-state index contributed by atoms with van der Waals surface area (Å²) in [5.41, 5.74) is 1.53. The molecule has 0 amide bonds. The largest absolute Gasteiger partial charge is 0.352 e. The number of hydrogen-bond donors (Lipinski definition) is 3. The van der Waals surface area contributed by atoms with Crippen molar-refractivity contribution in [2.24, 2.45) is 0 Å². The lowest BCUT2D eigenvalue weighted by Gasteiger charge is -2.25. The summed E-state index contributed by atoms with van der Waals surface area (Å²) >= 11 is 18.6. The van der Waals surface area contributed by atoms with Gasteiger partial charge in [0.25, 0.3) is 0 Å². The second-order valence-corrected chi connectivity index (χ2v) is 8.50. The highest BCUT2D eigenvalue weighted by Gasteiger charge is 2.25. The fraction of sp³-hybridized carbons (Fsp3) is 0. The number of hydrogen-bond acceptors (Lipinski definition) is 1. The fourth-order valence-corrected chi connectivity index (χ4v) is 4.77. The Morgan fingerprint density at radius 1 is 0.538 bits per heavy atom. The average Bonchev–Trinajstić information content (AvgIpc) is 2.61. The molecule has 0 fully saturated rings. The van der Waals surface area contributed by atoms with Crippen molar-refractivity contribution in [1.82, 2.24) is 0 Å². The van der Waals surface area contributed by atoms with E-state index in [0.717, 1.165) is 0 Å². The van der Waals surface area contributed by atoms with Crippen molar-refractivity contribution in [1.29, 1.82) is 0 Å². The number of nitrogens with one attached hydrogen (secondary N) is 3. The Kier molecular flexibility index (Phi) is 6.00. The zero-order valence-electron chi connectivity index (χ0n) is 13.4. The van der Waals surface area contributed by atoms with Gasteiger partial charge in [0, 0.05) is 0 Å². The molecule has 3 aromatic rings. The molecule has 0 bridgehead atoms. The second-order valence-electron chi connectivity index (χ2n) is 5.38. The molecule has 0 heterocycles. The van der Waals surface area contributed by atoms with E-state index in [9.17, 15) is 4.57 Å². The summed E-state index contributed by atoms with van der Waals surface area (Å²) in [6.07, 6.45) is 0. The van der Waals surface area contributed by atoms with Crippen LogP contribution < -0.4 is 15.3 Å². The Labute approximate surface area is 167 Å². The van der Waals surface area contributed by atoms with Gasteiger partial charge in [-0.25, -0.2) is 0 Å². The molecule has 4 nitrogen and oxygen atoms in total. The highest BCUT2D eigenvalue weighted by molar-refractivity contribution is 7.68. The first-order chi connectivity index (χ1) is 12.5. The van der Waals surface area contributed by atoms with Crippen LogP contribution in [0, 0.1) is 0 Å². The van der Waals surface area contributed by atoms with Gasteiger partial charge in [-0.3, -0.25) is 4.57 Å². The van der Waals surface area contributed by atoms with E-state index in [1.165, 1.54) is 0 Å². The van der Waals surface area contributed by atoms with Crippen LogP contribution in [0.2, 0.25) is 15.1 Å². The Morgan fingerprint density at radius 2 is 0.808 bits per heavy atom. The predicted molar refractivity (Wildman–Crippen MR) is 113 cm³/mol. The predicted octanol–water partition coefficient (Wildman–Crippen LogP) is 7.39. The van der Waals surface area contributed by atoms with E-state index in [1.807, 2.05) is 0 Å². The van der Waals surface area contributed by atoms with E-state index < -0.39 is 7.59 Å². The molecule has 3 N–H and O–H groups in total. The van der Waals surface area contributed by atoms with Gasteiger partial charge in [-0.2, -0.15) is 0 Å². The minimum atomic E-state index is -3.47.